The second kappa shape index (κ2) is 5.37. The van der Waals surface area contributed by atoms with Crippen molar-refractivity contribution in [3.05, 3.63) is 59.9 Å². The fourth-order valence-corrected chi connectivity index (χ4v) is 2.36. The van der Waals surface area contributed by atoms with Crippen LogP contribution in [0, 0.1) is 6.92 Å². The Bertz CT molecular complexity index is 943. The van der Waals surface area contributed by atoms with Crippen LogP contribution in [0.5, 0.6) is 5.75 Å². The molecule has 5 heteroatoms. The van der Waals surface area contributed by atoms with Crippen LogP contribution < -0.4 is 5.73 Å². The quantitative estimate of drug-likeness (QED) is 0.644. The predicted molar refractivity (Wildman–Crippen MR) is 86.1 cm³/mol. The van der Waals surface area contributed by atoms with Crippen molar-refractivity contribution in [3.63, 3.8) is 0 Å². The van der Waals surface area contributed by atoms with Gasteiger partial charge >= 0.3 is 0 Å². The number of H-pyrrole nitrogens is 1. The Labute approximate surface area is 126 Å². The van der Waals surface area contributed by atoms with Gasteiger partial charge in [0.05, 0.1) is 16.6 Å². The van der Waals surface area contributed by atoms with Crippen LogP contribution >= 0.6 is 0 Å². The molecule has 0 saturated heterocycles. The summed E-state index contributed by atoms with van der Waals surface area (Å²) in [5, 5.41) is 11.7. The van der Waals surface area contributed by atoms with E-state index in [1.807, 2.05) is 25.1 Å². The molecule has 22 heavy (non-hydrogen) atoms. The van der Waals surface area contributed by atoms with E-state index in [0.717, 1.165) is 16.3 Å². The molecule has 3 rings (SSSR count). The summed E-state index contributed by atoms with van der Waals surface area (Å²) in [5.74, 6) is -0.464. The van der Waals surface area contributed by atoms with E-state index >= 15 is 0 Å². The normalized spacial score (nSPS) is 10.6. The van der Waals surface area contributed by atoms with Crippen molar-refractivity contribution in [1.29, 1.82) is 0 Å². The maximum Gasteiger partial charge on any atom is 0.250 e. The molecule has 3 aromatic rings. The second-order valence-electron chi connectivity index (χ2n) is 5.07. The highest BCUT2D eigenvalue weighted by atomic mass is 16.3. The minimum atomic E-state index is -0.558. The Hall–Kier alpha value is -3.08. The van der Waals surface area contributed by atoms with Crippen LogP contribution in [0.4, 0.5) is 0 Å². The van der Waals surface area contributed by atoms with E-state index in [2.05, 4.69) is 9.97 Å². The first kappa shape index (κ1) is 13.9. The lowest BCUT2D eigenvalue weighted by Gasteiger charge is -2.01. The number of phenolic OH excluding ortho intramolecular Hbond substituents is 1. The number of nitrogens with zero attached hydrogens (tertiary/aromatic N) is 1. The third-order valence-corrected chi connectivity index (χ3v) is 3.56. The van der Waals surface area contributed by atoms with Crippen molar-refractivity contribution >= 4 is 27.7 Å². The number of benzene rings is 1. The number of carbonyl (C=O) groups excluding carboxylic acids is 1. The molecule has 0 aliphatic carbocycles. The molecular weight excluding hydrogens is 278 g/mol. The highest BCUT2D eigenvalue weighted by molar-refractivity contribution is 5.97. The summed E-state index contributed by atoms with van der Waals surface area (Å²) in [6, 6.07) is 10.6. The first-order valence-electron chi connectivity index (χ1n) is 6.80. The van der Waals surface area contributed by atoms with Gasteiger partial charge in [-0.25, -0.2) is 0 Å². The molecule has 0 bridgehead atoms. The molecule has 1 amide bonds. The van der Waals surface area contributed by atoms with E-state index in [9.17, 15) is 9.90 Å². The molecule has 0 fully saturated rings. The summed E-state index contributed by atoms with van der Waals surface area (Å²) >= 11 is 0. The maximum atomic E-state index is 11.6. The molecule has 0 radical (unpaired) electrons. The Morgan fingerprint density at radius 2 is 2.09 bits per heavy atom. The van der Waals surface area contributed by atoms with Crippen LogP contribution in [0.1, 0.15) is 15.9 Å². The molecule has 5 nitrogen and oxygen atoms in total. The predicted octanol–water partition coefficient (Wildman–Crippen LogP) is 2.95. The number of rotatable bonds is 1. The first-order valence-corrected chi connectivity index (χ1v) is 6.80. The lowest BCUT2D eigenvalue weighted by Crippen LogP contribution is -2.10. The molecular formula is C17H15N3O2. The number of fused-ring (bicyclic) bond motifs is 2. The summed E-state index contributed by atoms with van der Waals surface area (Å²) < 4.78 is 0. The fourth-order valence-electron chi connectivity index (χ4n) is 2.36. The summed E-state index contributed by atoms with van der Waals surface area (Å²) in [4.78, 5) is 18.9. The van der Waals surface area contributed by atoms with Gasteiger partial charge in [0.15, 0.2) is 0 Å². The minimum Gasteiger partial charge on any atom is -0.506 e. The SMILES string of the molecule is Cc1ccc(O)c2[nH]cc(C(N)=O)cc3cccnc3cc12. The number of hydrogen-bond acceptors (Lipinski definition) is 3. The van der Waals surface area contributed by atoms with Crippen molar-refractivity contribution in [2.45, 2.75) is 6.92 Å². The van der Waals surface area contributed by atoms with Crippen LogP contribution in [0.15, 0.2) is 48.8 Å². The van der Waals surface area contributed by atoms with E-state index in [1.165, 1.54) is 6.20 Å². The number of aromatic amines is 1. The third-order valence-electron chi connectivity index (χ3n) is 3.56. The lowest BCUT2D eigenvalue weighted by molar-refractivity contribution is 0.1000. The average Bonchev–Trinajstić information content (AvgIpc) is 2.58. The molecule has 2 aromatic heterocycles. The van der Waals surface area contributed by atoms with Gasteiger partial charge in [0.2, 0.25) is 5.91 Å². The second-order valence-corrected chi connectivity index (χ2v) is 5.07. The Morgan fingerprint density at radius 3 is 2.86 bits per heavy atom. The van der Waals surface area contributed by atoms with Gasteiger partial charge in [0.1, 0.15) is 5.75 Å². The zero-order valence-corrected chi connectivity index (χ0v) is 12.0. The smallest absolute Gasteiger partial charge is 0.250 e. The van der Waals surface area contributed by atoms with Crippen molar-refractivity contribution in [3.8, 4) is 5.75 Å². The summed E-state index contributed by atoms with van der Waals surface area (Å²) in [5.41, 5.74) is 7.92. The van der Waals surface area contributed by atoms with Gasteiger partial charge in [-0.3, -0.25) is 9.78 Å². The van der Waals surface area contributed by atoms with Crippen LogP contribution in [0.2, 0.25) is 0 Å². The van der Waals surface area contributed by atoms with Gasteiger partial charge in [-0.15, -0.1) is 0 Å². The average molecular weight is 293 g/mol. The number of amides is 1. The van der Waals surface area contributed by atoms with Crippen LogP contribution in [0.25, 0.3) is 21.8 Å². The molecule has 0 aliphatic rings. The number of phenols is 1. The number of aromatic nitrogens is 2. The Balaban J connectivity index is 2.61. The number of carbonyl (C=O) groups is 1. The number of aromatic hydroxyl groups is 1. The zero-order valence-electron chi connectivity index (χ0n) is 12.0. The molecule has 0 aliphatic heterocycles. The van der Waals surface area contributed by atoms with Crippen molar-refractivity contribution < 1.29 is 9.90 Å². The van der Waals surface area contributed by atoms with Gasteiger partial charge in [0, 0.05) is 23.2 Å². The number of primary amides is 1. The summed E-state index contributed by atoms with van der Waals surface area (Å²) in [6.07, 6.45) is 3.18. The van der Waals surface area contributed by atoms with Gasteiger partial charge in [-0.1, -0.05) is 12.1 Å². The van der Waals surface area contributed by atoms with Gasteiger partial charge in [0.25, 0.3) is 0 Å². The highest BCUT2D eigenvalue weighted by Gasteiger charge is 2.04. The molecule has 1 aromatic carbocycles. The molecule has 2 heterocycles. The van der Waals surface area contributed by atoms with Crippen molar-refractivity contribution in [2.24, 2.45) is 5.73 Å². The number of aryl methyl sites for hydroxylation is 1. The topological polar surface area (TPSA) is 92.0 Å². The van der Waals surface area contributed by atoms with Crippen LogP contribution in [-0.4, -0.2) is 21.0 Å². The van der Waals surface area contributed by atoms with Crippen LogP contribution in [-0.2, 0) is 0 Å². The number of nitrogens with one attached hydrogen (secondary N) is 1. The molecule has 0 atom stereocenters. The van der Waals surface area contributed by atoms with Crippen molar-refractivity contribution in [1.82, 2.24) is 9.97 Å². The van der Waals surface area contributed by atoms with Gasteiger partial charge in [-0.05, 0) is 36.8 Å². The largest absolute Gasteiger partial charge is 0.506 e. The van der Waals surface area contributed by atoms with Crippen LogP contribution in [0.3, 0.4) is 0 Å². The van der Waals surface area contributed by atoms with Gasteiger partial charge < -0.3 is 15.8 Å². The standard InChI is InChI=1S/C17H15N3O2/c1-10-4-5-15(21)16-13(10)8-14-11(3-2-6-19-14)7-12(9-20-16)17(18)22/h2-9,20-21H,1H3,(H2,18,22). The van der Waals surface area contributed by atoms with E-state index in [4.69, 9.17) is 5.73 Å². The highest BCUT2D eigenvalue weighted by Crippen LogP contribution is 2.25. The summed E-state index contributed by atoms with van der Waals surface area (Å²) in [7, 11) is 0. The Kier molecular flexibility index (Phi) is 3.39. The van der Waals surface area contributed by atoms with E-state index in [-0.39, 0.29) is 5.75 Å². The maximum absolute atomic E-state index is 11.6. The van der Waals surface area contributed by atoms with E-state index in [0.29, 0.717) is 16.6 Å². The molecule has 4 N–H and O–H groups in total. The molecule has 0 spiro atoms. The number of nitrogens with two attached hydrogens (primary N) is 1. The number of pyridine rings is 1. The monoisotopic (exact) mass is 293 g/mol. The minimum absolute atomic E-state index is 0.0938. The van der Waals surface area contributed by atoms with E-state index < -0.39 is 5.91 Å². The first-order chi connectivity index (χ1) is 10.6. The summed E-state index contributed by atoms with van der Waals surface area (Å²) in [6.45, 7) is 1.94. The zero-order chi connectivity index (χ0) is 15.7. The number of hydrogen-bond donors (Lipinski definition) is 3. The Morgan fingerprint density at radius 1 is 1.27 bits per heavy atom. The van der Waals surface area contributed by atoms with Gasteiger partial charge in [-0.2, -0.15) is 0 Å². The lowest BCUT2D eigenvalue weighted by atomic mass is 10.1. The van der Waals surface area contributed by atoms with Crippen molar-refractivity contribution in [2.75, 3.05) is 0 Å². The molecule has 0 saturated carbocycles. The van der Waals surface area contributed by atoms with E-state index in [1.54, 1.807) is 24.4 Å². The molecule has 110 valence electrons. The third kappa shape index (κ3) is 2.44. The molecule has 0 unspecified atom stereocenters. The fraction of sp³-hybridized carbons (Fsp3) is 0.0588.